The van der Waals surface area contributed by atoms with E-state index in [1.807, 2.05) is 13.8 Å². The SMILES string of the molecule is CC(C)c1coc(S(C)(=O)=O)n1. The number of aromatic nitrogens is 1. The zero-order chi connectivity index (χ0) is 9.35. The van der Waals surface area contributed by atoms with Gasteiger partial charge in [0, 0.05) is 6.26 Å². The van der Waals surface area contributed by atoms with Gasteiger partial charge >= 0.3 is 5.22 Å². The van der Waals surface area contributed by atoms with Crippen LogP contribution >= 0.6 is 0 Å². The smallest absolute Gasteiger partial charge is 0.314 e. The molecule has 0 atom stereocenters. The topological polar surface area (TPSA) is 60.2 Å². The van der Waals surface area contributed by atoms with Crippen LogP contribution in [-0.4, -0.2) is 19.7 Å². The lowest BCUT2D eigenvalue weighted by Crippen LogP contribution is -1.97. The Labute approximate surface area is 71.5 Å². The number of sulfone groups is 1. The molecule has 68 valence electrons. The fraction of sp³-hybridized carbons (Fsp3) is 0.571. The molecule has 0 aliphatic rings. The van der Waals surface area contributed by atoms with Gasteiger partial charge in [0.2, 0.25) is 9.84 Å². The summed E-state index contributed by atoms with van der Waals surface area (Å²) in [6.45, 7) is 3.84. The molecule has 0 fully saturated rings. The zero-order valence-electron chi connectivity index (χ0n) is 7.23. The molecule has 12 heavy (non-hydrogen) atoms. The van der Waals surface area contributed by atoms with Crippen molar-refractivity contribution in [1.29, 1.82) is 0 Å². The lowest BCUT2D eigenvalue weighted by Gasteiger charge is -1.93. The summed E-state index contributed by atoms with van der Waals surface area (Å²) in [5, 5.41) is -0.203. The third-order valence-corrected chi connectivity index (χ3v) is 2.23. The van der Waals surface area contributed by atoms with Crippen molar-refractivity contribution >= 4 is 9.84 Å². The molecule has 0 saturated carbocycles. The van der Waals surface area contributed by atoms with Crippen molar-refractivity contribution in [2.24, 2.45) is 0 Å². The monoisotopic (exact) mass is 189 g/mol. The molecule has 0 aromatic carbocycles. The molecule has 0 spiro atoms. The van der Waals surface area contributed by atoms with Gasteiger partial charge in [-0.2, -0.15) is 0 Å². The van der Waals surface area contributed by atoms with Crippen LogP contribution in [0, 0.1) is 0 Å². The van der Waals surface area contributed by atoms with Crippen molar-refractivity contribution in [2.45, 2.75) is 25.0 Å². The van der Waals surface area contributed by atoms with Gasteiger partial charge in [0.15, 0.2) is 0 Å². The van der Waals surface area contributed by atoms with Crippen LogP contribution in [0.3, 0.4) is 0 Å². The van der Waals surface area contributed by atoms with Crippen LogP contribution < -0.4 is 0 Å². The summed E-state index contributed by atoms with van der Waals surface area (Å²) in [7, 11) is -3.29. The highest BCUT2D eigenvalue weighted by molar-refractivity contribution is 7.90. The predicted octanol–water partition coefficient (Wildman–Crippen LogP) is 1.20. The van der Waals surface area contributed by atoms with Gasteiger partial charge in [0.1, 0.15) is 6.26 Å². The maximum Gasteiger partial charge on any atom is 0.314 e. The van der Waals surface area contributed by atoms with Crippen molar-refractivity contribution in [1.82, 2.24) is 4.98 Å². The third-order valence-electron chi connectivity index (χ3n) is 1.41. The summed E-state index contributed by atoms with van der Waals surface area (Å²) in [5.41, 5.74) is 0.662. The van der Waals surface area contributed by atoms with Crippen LogP contribution in [0.1, 0.15) is 25.5 Å². The largest absolute Gasteiger partial charge is 0.436 e. The Kier molecular flexibility index (Phi) is 2.23. The molecule has 5 heteroatoms. The molecule has 0 saturated heterocycles. The molecule has 0 N–H and O–H groups in total. The van der Waals surface area contributed by atoms with Gasteiger partial charge in [-0.05, 0) is 5.92 Å². The fourth-order valence-corrected chi connectivity index (χ4v) is 1.20. The average molecular weight is 189 g/mol. The van der Waals surface area contributed by atoms with Crippen molar-refractivity contribution in [3.05, 3.63) is 12.0 Å². The van der Waals surface area contributed by atoms with E-state index in [0.717, 1.165) is 6.26 Å². The molecule has 0 unspecified atom stereocenters. The van der Waals surface area contributed by atoms with E-state index in [4.69, 9.17) is 4.42 Å². The molecular weight excluding hydrogens is 178 g/mol. The second kappa shape index (κ2) is 2.90. The molecule has 0 bridgehead atoms. The minimum absolute atomic E-state index is 0.184. The standard InChI is InChI=1S/C7H11NO3S/c1-5(2)6-4-11-7(8-6)12(3,9)10/h4-5H,1-3H3. The van der Waals surface area contributed by atoms with Crippen molar-refractivity contribution in [2.75, 3.05) is 6.26 Å². The number of rotatable bonds is 2. The van der Waals surface area contributed by atoms with Crippen molar-refractivity contribution in [3.8, 4) is 0 Å². The number of oxazole rings is 1. The minimum Gasteiger partial charge on any atom is -0.436 e. The van der Waals surface area contributed by atoms with E-state index in [1.165, 1.54) is 6.26 Å². The highest BCUT2D eigenvalue weighted by Gasteiger charge is 2.15. The Bertz CT molecular complexity index is 364. The first kappa shape index (κ1) is 9.25. The molecule has 1 rings (SSSR count). The van der Waals surface area contributed by atoms with E-state index in [2.05, 4.69) is 4.98 Å². The zero-order valence-corrected chi connectivity index (χ0v) is 8.05. The molecule has 1 aromatic rings. The second-order valence-corrected chi connectivity index (χ2v) is 4.86. The lowest BCUT2D eigenvalue weighted by atomic mass is 10.2. The van der Waals surface area contributed by atoms with Gasteiger partial charge in [-0.3, -0.25) is 0 Å². The van der Waals surface area contributed by atoms with Crippen LogP contribution in [0.4, 0.5) is 0 Å². The van der Waals surface area contributed by atoms with Gasteiger partial charge < -0.3 is 4.42 Å². The van der Waals surface area contributed by atoms with Crippen molar-refractivity contribution < 1.29 is 12.8 Å². The number of nitrogens with zero attached hydrogens (tertiary/aromatic N) is 1. The van der Waals surface area contributed by atoms with E-state index in [-0.39, 0.29) is 11.1 Å². The summed E-state index contributed by atoms with van der Waals surface area (Å²) in [4.78, 5) is 3.83. The lowest BCUT2D eigenvalue weighted by molar-refractivity contribution is 0.432. The van der Waals surface area contributed by atoms with E-state index in [1.54, 1.807) is 0 Å². The number of hydrogen-bond donors (Lipinski definition) is 0. The Hall–Kier alpha value is -0.840. The maximum atomic E-state index is 10.9. The third kappa shape index (κ3) is 1.85. The van der Waals surface area contributed by atoms with Crippen LogP contribution in [0.25, 0.3) is 0 Å². The van der Waals surface area contributed by atoms with Gasteiger partial charge in [-0.1, -0.05) is 13.8 Å². The Morgan fingerprint density at radius 2 is 2.08 bits per heavy atom. The Morgan fingerprint density at radius 3 is 2.33 bits per heavy atom. The van der Waals surface area contributed by atoms with Crippen LogP contribution in [-0.2, 0) is 9.84 Å². The van der Waals surface area contributed by atoms with E-state index in [0.29, 0.717) is 5.69 Å². The molecular formula is C7H11NO3S. The fourth-order valence-electron chi connectivity index (χ4n) is 0.704. The summed E-state index contributed by atoms with van der Waals surface area (Å²) >= 11 is 0. The van der Waals surface area contributed by atoms with Crippen LogP contribution in [0.5, 0.6) is 0 Å². The molecule has 0 radical (unpaired) electrons. The minimum atomic E-state index is -3.29. The van der Waals surface area contributed by atoms with Crippen molar-refractivity contribution in [3.63, 3.8) is 0 Å². The number of hydrogen-bond acceptors (Lipinski definition) is 4. The normalized spacial score (nSPS) is 12.3. The van der Waals surface area contributed by atoms with Crippen LogP contribution in [0.15, 0.2) is 15.9 Å². The molecule has 1 aromatic heterocycles. The summed E-state index contributed by atoms with van der Waals surface area (Å²) in [6.07, 6.45) is 2.45. The van der Waals surface area contributed by atoms with Crippen LogP contribution in [0.2, 0.25) is 0 Å². The van der Waals surface area contributed by atoms with Gasteiger partial charge in [-0.15, -0.1) is 0 Å². The first-order valence-electron chi connectivity index (χ1n) is 3.56. The molecule has 0 aliphatic carbocycles. The van der Waals surface area contributed by atoms with Gasteiger partial charge in [0.25, 0.3) is 0 Å². The van der Waals surface area contributed by atoms with Gasteiger partial charge in [-0.25, -0.2) is 13.4 Å². The first-order chi connectivity index (χ1) is 5.41. The van der Waals surface area contributed by atoms with E-state index in [9.17, 15) is 8.42 Å². The first-order valence-corrected chi connectivity index (χ1v) is 5.46. The summed E-state index contributed by atoms with van der Waals surface area (Å²) < 4.78 is 26.6. The predicted molar refractivity (Wildman–Crippen MR) is 43.7 cm³/mol. The second-order valence-electron chi connectivity index (χ2n) is 2.97. The maximum absolute atomic E-state index is 10.9. The average Bonchev–Trinajstić information content (AvgIpc) is 2.30. The highest BCUT2D eigenvalue weighted by Crippen LogP contribution is 2.15. The molecule has 0 aliphatic heterocycles. The summed E-state index contributed by atoms with van der Waals surface area (Å²) in [6, 6.07) is 0. The molecule has 4 nitrogen and oxygen atoms in total. The van der Waals surface area contributed by atoms with E-state index >= 15 is 0 Å². The Morgan fingerprint density at radius 1 is 1.50 bits per heavy atom. The summed E-state index contributed by atoms with van der Waals surface area (Å²) in [5.74, 6) is 0.184. The van der Waals surface area contributed by atoms with Gasteiger partial charge in [0.05, 0.1) is 5.69 Å². The highest BCUT2D eigenvalue weighted by atomic mass is 32.2. The molecule has 0 amide bonds. The molecule has 1 heterocycles. The van der Waals surface area contributed by atoms with E-state index < -0.39 is 9.84 Å². The Balaban J connectivity index is 3.09. The quantitative estimate of drug-likeness (QED) is 0.701.